The Labute approximate surface area is 265 Å². The predicted molar refractivity (Wildman–Crippen MR) is 167 cm³/mol. The SMILES string of the molecule is COC(=O)Nc1cnc(-c2ccccc2)n(CC(=O)NC(C(=O)c2nnc(C(C)(C)c3ccc(OC)c(OC)c3)o2)C(C)C)c1=O. The molecule has 4 rings (SSSR count). The molecule has 46 heavy (non-hydrogen) atoms. The van der Waals surface area contributed by atoms with Gasteiger partial charge in [0.25, 0.3) is 11.4 Å². The van der Waals surface area contributed by atoms with Gasteiger partial charge in [0.2, 0.25) is 17.6 Å². The van der Waals surface area contributed by atoms with Crippen LogP contribution < -0.4 is 25.7 Å². The summed E-state index contributed by atoms with van der Waals surface area (Å²) in [6.07, 6.45) is 0.314. The van der Waals surface area contributed by atoms with Crippen LogP contribution in [0, 0.1) is 5.92 Å². The molecule has 14 heteroatoms. The van der Waals surface area contributed by atoms with Crippen LogP contribution in [-0.4, -0.2) is 64.9 Å². The molecule has 0 aliphatic rings. The van der Waals surface area contributed by atoms with E-state index in [9.17, 15) is 19.2 Å². The van der Waals surface area contributed by atoms with Gasteiger partial charge in [0.15, 0.2) is 11.5 Å². The Bertz CT molecular complexity index is 1780. The zero-order valence-electron chi connectivity index (χ0n) is 26.6. The number of amides is 2. The third-order valence-corrected chi connectivity index (χ3v) is 7.34. The molecule has 2 aromatic heterocycles. The Morgan fingerprint density at radius 3 is 2.30 bits per heavy atom. The normalized spacial score (nSPS) is 11.9. The van der Waals surface area contributed by atoms with Crippen molar-refractivity contribution < 1.29 is 33.0 Å². The number of hydrogen-bond donors (Lipinski definition) is 2. The minimum Gasteiger partial charge on any atom is -0.493 e. The standard InChI is InChI=1S/C32H36N6O8/c1-18(2)25(26(40)28-36-37-30(46-28)32(3,4)20-13-14-22(43-5)23(15-20)44-6)35-24(39)17-38-27(19-11-9-8-10-12-19)33-16-21(29(38)41)34-31(42)45-7/h8-16,18,25H,17H2,1-7H3,(H,34,42)(H,35,39). The van der Waals surface area contributed by atoms with Gasteiger partial charge >= 0.3 is 6.09 Å². The Balaban J connectivity index is 1.59. The quantitative estimate of drug-likeness (QED) is 0.217. The molecule has 2 N–H and O–H groups in total. The van der Waals surface area contributed by atoms with E-state index in [-0.39, 0.29) is 29.2 Å². The Morgan fingerprint density at radius 1 is 0.978 bits per heavy atom. The lowest BCUT2D eigenvalue weighted by Gasteiger charge is -2.22. The molecule has 14 nitrogen and oxygen atoms in total. The summed E-state index contributed by atoms with van der Waals surface area (Å²) in [6.45, 7) is 6.70. The molecule has 0 fully saturated rings. The topological polar surface area (TPSA) is 177 Å². The van der Waals surface area contributed by atoms with Gasteiger partial charge in [0, 0.05) is 5.56 Å². The Kier molecular flexibility index (Phi) is 10.2. The molecular weight excluding hydrogens is 596 g/mol. The summed E-state index contributed by atoms with van der Waals surface area (Å²) in [5, 5.41) is 13.2. The van der Waals surface area contributed by atoms with Crippen LogP contribution in [0.4, 0.5) is 10.5 Å². The molecule has 1 unspecified atom stereocenters. The molecule has 2 heterocycles. The highest BCUT2D eigenvalue weighted by molar-refractivity contribution is 5.98. The summed E-state index contributed by atoms with van der Waals surface area (Å²) in [6, 6.07) is 13.1. The van der Waals surface area contributed by atoms with Crippen molar-refractivity contribution in [2.24, 2.45) is 5.92 Å². The zero-order valence-corrected chi connectivity index (χ0v) is 26.6. The number of aromatic nitrogens is 4. The smallest absolute Gasteiger partial charge is 0.411 e. The van der Waals surface area contributed by atoms with E-state index < -0.39 is 41.3 Å². The second kappa shape index (κ2) is 14.1. The molecule has 1 atom stereocenters. The van der Waals surface area contributed by atoms with E-state index in [0.29, 0.717) is 17.1 Å². The number of carbonyl (C=O) groups excluding carboxylic acids is 3. The van der Waals surface area contributed by atoms with Gasteiger partial charge in [-0.2, -0.15) is 0 Å². The number of carbonyl (C=O) groups is 3. The lowest BCUT2D eigenvalue weighted by molar-refractivity contribution is -0.122. The summed E-state index contributed by atoms with van der Waals surface area (Å²) < 4.78 is 22.3. The molecule has 2 amide bonds. The van der Waals surface area contributed by atoms with Crippen LogP contribution in [0.5, 0.6) is 11.5 Å². The first-order valence-corrected chi connectivity index (χ1v) is 14.3. The van der Waals surface area contributed by atoms with Gasteiger partial charge in [0.1, 0.15) is 18.1 Å². The fourth-order valence-electron chi connectivity index (χ4n) is 4.66. The van der Waals surface area contributed by atoms with Crippen molar-refractivity contribution in [3.8, 4) is 22.9 Å². The second-order valence-corrected chi connectivity index (χ2v) is 11.1. The zero-order chi connectivity index (χ0) is 33.6. The second-order valence-electron chi connectivity index (χ2n) is 11.1. The fraction of sp³-hybridized carbons (Fsp3) is 0.344. The number of anilines is 1. The minimum absolute atomic E-state index is 0.178. The van der Waals surface area contributed by atoms with Crippen molar-refractivity contribution >= 4 is 23.5 Å². The highest BCUT2D eigenvalue weighted by atomic mass is 16.5. The van der Waals surface area contributed by atoms with Crippen LogP contribution in [0.1, 0.15) is 49.8 Å². The van der Waals surface area contributed by atoms with E-state index in [4.69, 9.17) is 13.9 Å². The number of ketones is 1. The highest BCUT2D eigenvalue weighted by Gasteiger charge is 2.35. The molecule has 0 aliphatic heterocycles. The number of nitrogens with one attached hydrogen (secondary N) is 2. The largest absolute Gasteiger partial charge is 0.493 e. The van der Waals surface area contributed by atoms with E-state index >= 15 is 0 Å². The number of ether oxygens (including phenoxy) is 3. The average Bonchev–Trinajstić information content (AvgIpc) is 3.56. The van der Waals surface area contributed by atoms with Gasteiger partial charge in [0.05, 0.1) is 39.0 Å². The summed E-state index contributed by atoms with van der Waals surface area (Å²) in [5.74, 6) is -0.493. The summed E-state index contributed by atoms with van der Waals surface area (Å²) in [7, 11) is 4.23. The van der Waals surface area contributed by atoms with Crippen molar-refractivity contribution in [2.75, 3.05) is 26.6 Å². The summed E-state index contributed by atoms with van der Waals surface area (Å²) in [4.78, 5) is 56.5. The van der Waals surface area contributed by atoms with Crippen LogP contribution in [0.2, 0.25) is 0 Å². The van der Waals surface area contributed by atoms with Crippen LogP contribution in [0.3, 0.4) is 0 Å². The molecule has 0 saturated heterocycles. The van der Waals surface area contributed by atoms with Crippen molar-refractivity contribution in [1.29, 1.82) is 0 Å². The van der Waals surface area contributed by atoms with Crippen LogP contribution >= 0.6 is 0 Å². The van der Waals surface area contributed by atoms with Crippen molar-refractivity contribution in [3.63, 3.8) is 0 Å². The van der Waals surface area contributed by atoms with E-state index in [1.807, 2.05) is 19.9 Å². The van der Waals surface area contributed by atoms with E-state index in [1.165, 1.54) is 13.3 Å². The number of benzene rings is 2. The highest BCUT2D eigenvalue weighted by Crippen LogP contribution is 2.36. The van der Waals surface area contributed by atoms with Gasteiger partial charge < -0.3 is 23.9 Å². The number of hydrogen-bond acceptors (Lipinski definition) is 11. The van der Waals surface area contributed by atoms with Crippen LogP contribution in [0.25, 0.3) is 11.4 Å². The van der Waals surface area contributed by atoms with Gasteiger partial charge in [-0.25, -0.2) is 9.78 Å². The number of methoxy groups -OCH3 is 3. The molecular formula is C32H36N6O8. The molecule has 242 valence electrons. The maximum atomic E-state index is 13.6. The fourth-order valence-corrected chi connectivity index (χ4v) is 4.66. The molecule has 0 radical (unpaired) electrons. The number of rotatable bonds is 12. The van der Waals surface area contributed by atoms with Crippen LogP contribution in [0.15, 0.2) is 63.9 Å². The maximum absolute atomic E-state index is 13.6. The summed E-state index contributed by atoms with van der Waals surface area (Å²) in [5.41, 5.74) is -0.359. The van der Waals surface area contributed by atoms with E-state index in [1.54, 1.807) is 63.4 Å². The maximum Gasteiger partial charge on any atom is 0.411 e. The van der Waals surface area contributed by atoms with Crippen molar-refractivity contribution in [3.05, 3.63) is 82.4 Å². The number of Topliss-reactive ketones (excluding diaryl/α,β-unsaturated/α-hetero) is 1. The first kappa shape index (κ1) is 33.4. The summed E-state index contributed by atoms with van der Waals surface area (Å²) >= 11 is 0. The lowest BCUT2D eigenvalue weighted by Crippen LogP contribution is -2.46. The van der Waals surface area contributed by atoms with Crippen molar-refractivity contribution in [1.82, 2.24) is 25.1 Å². The van der Waals surface area contributed by atoms with Crippen molar-refractivity contribution in [2.45, 2.75) is 45.7 Å². The molecule has 0 spiro atoms. The van der Waals surface area contributed by atoms with Gasteiger partial charge in [-0.3, -0.25) is 24.3 Å². The predicted octanol–water partition coefficient (Wildman–Crippen LogP) is 3.84. The van der Waals surface area contributed by atoms with Gasteiger partial charge in [-0.1, -0.05) is 50.2 Å². The lowest BCUT2D eigenvalue weighted by atomic mass is 9.84. The monoisotopic (exact) mass is 632 g/mol. The average molecular weight is 633 g/mol. The Morgan fingerprint density at radius 2 is 1.67 bits per heavy atom. The Hall–Kier alpha value is -5.53. The van der Waals surface area contributed by atoms with Crippen LogP contribution in [-0.2, 0) is 21.5 Å². The molecule has 0 saturated carbocycles. The first-order valence-electron chi connectivity index (χ1n) is 14.3. The first-order chi connectivity index (χ1) is 21.9. The number of nitrogens with zero attached hydrogens (tertiary/aromatic N) is 4. The minimum atomic E-state index is -1.06. The molecule has 0 aliphatic carbocycles. The third kappa shape index (κ3) is 7.06. The van der Waals surface area contributed by atoms with E-state index in [2.05, 4.69) is 30.6 Å². The molecule has 2 aromatic carbocycles. The van der Waals surface area contributed by atoms with E-state index in [0.717, 1.165) is 17.2 Å². The third-order valence-electron chi connectivity index (χ3n) is 7.34. The molecule has 0 bridgehead atoms. The molecule has 4 aromatic rings. The van der Waals surface area contributed by atoms with Gasteiger partial charge in [-0.05, 0) is 37.5 Å². The van der Waals surface area contributed by atoms with Gasteiger partial charge in [-0.15, -0.1) is 10.2 Å².